The highest BCUT2D eigenvalue weighted by molar-refractivity contribution is 5.82. The van der Waals surface area contributed by atoms with E-state index in [1.165, 1.54) is 0 Å². The molecular weight excluding hydrogens is 298 g/mol. The minimum atomic E-state index is -0.335. The van der Waals surface area contributed by atoms with Crippen molar-refractivity contribution in [1.82, 2.24) is 9.88 Å². The topological polar surface area (TPSA) is 36.4 Å². The molecule has 1 aliphatic rings. The van der Waals surface area contributed by atoms with Gasteiger partial charge in [-0.15, -0.1) is 0 Å². The molecule has 4 nitrogen and oxygen atoms in total. The second-order valence-electron chi connectivity index (χ2n) is 7.77. The second kappa shape index (κ2) is 6.42. The fraction of sp³-hybridized carbons (Fsp3) is 0.500. The molecule has 1 fully saturated rings. The van der Waals surface area contributed by atoms with E-state index >= 15 is 0 Å². The molecule has 0 saturated carbocycles. The number of hydrogen-bond donors (Lipinski definition) is 0. The molecule has 128 valence electrons. The smallest absolute Gasteiger partial charge is 0.227 e. The number of rotatable bonds is 2. The molecule has 0 N–H and O–H groups in total. The van der Waals surface area contributed by atoms with Crippen LogP contribution < -0.4 is 4.90 Å². The highest BCUT2D eigenvalue weighted by Crippen LogP contribution is 2.25. The van der Waals surface area contributed by atoms with Gasteiger partial charge >= 0.3 is 0 Å². The van der Waals surface area contributed by atoms with Gasteiger partial charge in [-0.05, 0) is 31.0 Å². The minimum absolute atomic E-state index is 0.209. The molecule has 0 aliphatic carbocycles. The van der Waals surface area contributed by atoms with Gasteiger partial charge in [-0.3, -0.25) is 4.79 Å². The lowest BCUT2D eigenvalue weighted by Crippen LogP contribution is -2.51. The molecule has 2 aromatic rings. The summed E-state index contributed by atoms with van der Waals surface area (Å²) in [5.74, 6) is 1.22. The third kappa shape index (κ3) is 3.37. The van der Waals surface area contributed by atoms with Gasteiger partial charge in [-0.25, -0.2) is 4.98 Å². The second-order valence-corrected chi connectivity index (χ2v) is 7.77. The Balaban J connectivity index is 1.78. The average molecular weight is 325 g/mol. The van der Waals surface area contributed by atoms with Crippen molar-refractivity contribution in [3.63, 3.8) is 0 Å². The summed E-state index contributed by atoms with van der Waals surface area (Å²) in [4.78, 5) is 21.6. The van der Waals surface area contributed by atoms with Crippen LogP contribution in [0, 0.1) is 5.41 Å². The average Bonchev–Trinajstić information content (AvgIpc) is 2.59. The maximum Gasteiger partial charge on any atom is 0.227 e. The van der Waals surface area contributed by atoms with Crippen LogP contribution in [0.3, 0.4) is 0 Å². The number of fused-ring (bicyclic) bond motifs is 1. The number of anilines is 1. The van der Waals surface area contributed by atoms with Crippen LogP contribution in [0.2, 0.25) is 0 Å². The molecular formula is C20H27N3O. The quantitative estimate of drug-likeness (QED) is 0.844. The Morgan fingerprint density at radius 2 is 1.96 bits per heavy atom. The fourth-order valence-corrected chi connectivity index (χ4v) is 3.41. The first kappa shape index (κ1) is 16.7. The van der Waals surface area contributed by atoms with Crippen LogP contribution in [-0.4, -0.2) is 42.0 Å². The Kier molecular flexibility index (Phi) is 4.48. The Bertz CT molecular complexity index is 735. The van der Waals surface area contributed by atoms with Crippen molar-refractivity contribution in [3.8, 4) is 0 Å². The van der Waals surface area contributed by atoms with Gasteiger partial charge in [0.25, 0.3) is 0 Å². The van der Waals surface area contributed by atoms with Crippen LogP contribution in [0.25, 0.3) is 10.9 Å². The SMILES string of the molecule is CN(C(=O)C(C)(C)C)C1CCCN(c2ccc3ccccc3n2)C1. The number of hydrogen-bond acceptors (Lipinski definition) is 3. The third-order valence-corrected chi connectivity index (χ3v) is 4.81. The Hall–Kier alpha value is -2.10. The van der Waals surface area contributed by atoms with E-state index < -0.39 is 0 Å². The molecule has 1 amide bonds. The largest absolute Gasteiger partial charge is 0.355 e. The number of aromatic nitrogens is 1. The fourth-order valence-electron chi connectivity index (χ4n) is 3.41. The lowest BCUT2D eigenvalue weighted by Gasteiger charge is -2.40. The van der Waals surface area contributed by atoms with E-state index in [1.807, 2.05) is 44.9 Å². The zero-order chi connectivity index (χ0) is 17.3. The summed E-state index contributed by atoms with van der Waals surface area (Å²) in [5, 5.41) is 1.16. The molecule has 4 heteroatoms. The van der Waals surface area contributed by atoms with E-state index in [1.54, 1.807) is 0 Å². The van der Waals surface area contributed by atoms with Crippen LogP contribution in [0.15, 0.2) is 36.4 Å². The van der Waals surface area contributed by atoms with Gasteiger partial charge in [0.2, 0.25) is 5.91 Å². The summed E-state index contributed by atoms with van der Waals surface area (Å²) in [6.45, 7) is 7.80. The van der Waals surface area contributed by atoms with E-state index in [0.717, 1.165) is 42.7 Å². The molecule has 1 aromatic carbocycles. The van der Waals surface area contributed by atoms with Crippen LogP contribution in [0.1, 0.15) is 33.6 Å². The highest BCUT2D eigenvalue weighted by atomic mass is 16.2. The van der Waals surface area contributed by atoms with Crippen LogP contribution in [0.4, 0.5) is 5.82 Å². The number of nitrogens with zero attached hydrogens (tertiary/aromatic N) is 3. The number of likely N-dealkylation sites (N-methyl/N-ethyl adjacent to an activating group) is 1. The predicted molar refractivity (Wildman–Crippen MR) is 99.2 cm³/mol. The number of amides is 1. The van der Waals surface area contributed by atoms with E-state index in [9.17, 15) is 4.79 Å². The molecule has 2 heterocycles. The van der Waals surface area contributed by atoms with Gasteiger partial charge < -0.3 is 9.80 Å². The maximum absolute atomic E-state index is 12.6. The molecule has 1 aromatic heterocycles. The van der Waals surface area contributed by atoms with Gasteiger partial charge in [-0.2, -0.15) is 0 Å². The van der Waals surface area contributed by atoms with Crippen molar-refractivity contribution in [2.45, 2.75) is 39.7 Å². The number of carbonyl (C=O) groups excluding carboxylic acids is 1. The number of pyridine rings is 1. The Labute approximate surface area is 144 Å². The lowest BCUT2D eigenvalue weighted by atomic mass is 9.93. The zero-order valence-corrected chi connectivity index (χ0v) is 15.1. The van der Waals surface area contributed by atoms with Crippen LogP contribution >= 0.6 is 0 Å². The molecule has 0 radical (unpaired) electrons. The van der Waals surface area contributed by atoms with Gasteiger partial charge in [0, 0.05) is 37.0 Å². The third-order valence-electron chi connectivity index (χ3n) is 4.81. The van der Waals surface area contributed by atoms with Crippen LogP contribution in [-0.2, 0) is 4.79 Å². The highest BCUT2D eigenvalue weighted by Gasteiger charge is 2.32. The molecule has 0 spiro atoms. The van der Waals surface area contributed by atoms with Crippen molar-refractivity contribution in [2.24, 2.45) is 5.41 Å². The first-order chi connectivity index (χ1) is 11.4. The summed E-state index contributed by atoms with van der Waals surface area (Å²) in [6.07, 6.45) is 2.14. The monoisotopic (exact) mass is 325 g/mol. The van der Waals surface area contributed by atoms with Gasteiger partial charge in [0.15, 0.2) is 0 Å². The number of para-hydroxylation sites is 1. The number of carbonyl (C=O) groups is 1. The predicted octanol–water partition coefficient (Wildman–Crippen LogP) is 3.71. The lowest BCUT2D eigenvalue weighted by molar-refractivity contribution is -0.140. The maximum atomic E-state index is 12.6. The van der Waals surface area contributed by atoms with Gasteiger partial charge in [-0.1, -0.05) is 39.0 Å². The molecule has 1 saturated heterocycles. The van der Waals surface area contributed by atoms with E-state index in [2.05, 4.69) is 29.2 Å². The molecule has 1 atom stereocenters. The van der Waals surface area contributed by atoms with E-state index in [-0.39, 0.29) is 17.4 Å². The normalized spacial score (nSPS) is 18.7. The molecule has 1 aliphatic heterocycles. The summed E-state index contributed by atoms with van der Waals surface area (Å²) in [5.41, 5.74) is 0.689. The summed E-state index contributed by atoms with van der Waals surface area (Å²) in [6, 6.07) is 12.7. The molecule has 3 rings (SSSR count). The number of benzene rings is 1. The van der Waals surface area contributed by atoms with Gasteiger partial charge in [0.1, 0.15) is 5.82 Å². The summed E-state index contributed by atoms with van der Waals surface area (Å²) in [7, 11) is 1.94. The Morgan fingerprint density at radius 1 is 1.21 bits per heavy atom. The Morgan fingerprint density at radius 3 is 2.71 bits per heavy atom. The zero-order valence-electron chi connectivity index (χ0n) is 15.1. The van der Waals surface area contributed by atoms with Crippen LogP contribution in [0.5, 0.6) is 0 Å². The summed E-state index contributed by atoms with van der Waals surface area (Å²) >= 11 is 0. The van der Waals surface area contributed by atoms with Crippen molar-refractivity contribution in [3.05, 3.63) is 36.4 Å². The standard InChI is InChI=1S/C20H27N3O/c1-20(2,3)19(24)22(4)16-9-7-13-23(14-16)18-12-11-15-8-5-6-10-17(15)21-18/h5-6,8,10-12,16H,7,9,13-14H2,1-4H3. The van der Waals surface area contributed by atoms with Crippen molar-refractivity contribution in [1.29, 1.82) is 0 Å². The van der Waals surface area contributed by atoms with Crippen molar-refractivity contribution < 1.29 is 4.79 Å². The minimum Gasteiger partial charge on any atom is -0.355 e. The first-order valence-electron chi connectivity index (χ1n) is 8.74. The van der Waals surface area contributed by atoms with E-state index in [4.69, 9.17) is 4.98 Å². The number of piperidine rings is 1. The van der Waals surface area contributed by atoms with Crippen molar-refractivity contribution >= 4 is 22.6 Å². The molecule has 24 heavy (non-hydrogen) atoms. The van der Waals surface area contributed by atoms with E-state index in [0.29, 0.717) is 0 Å². The van der Waals surface area contributed by atoms with Crippen molar-refractivity contribution in [2.75, 3.05) is 25.0 Å². The first-order valence-corrected chi connectivity index (χ1v) is 8.74. The van der Waals surface area contributed by atoms with Gasteiger partial charge in [0.05, 0.1) is 5.52 Å². The molecule has 1 unspecified atom stereocenters. The summed E-state index contributed by atoms with van der Waals surface area (Å²) < 4.78 is 0. The molecule has 0 bridgehead atoms.